The van der Waals surface area contributed by atoms with E-state index < -0.39 is 24.1 Å². The number of ether oxygens (including phenoxy) is 1. The molecule has 22 heavy (non-hydrogen) atoms. The molecule has 0 bridgehead atoms. The van der Waals surface area contributed by atoms with E-state index in [-0.39, 0.29) is 11.1 Å². The number of nitrogens with one attached hydrogen (secondary N) is 2. The van der Waals surface area contributed by atoms with Gasteiger partial charge in [-0.05, 0) is 33.9 Å². The fourth-order valence-corrected chi connectivity index (χ4v) is 2.26. The summed E-state index contributed by atoms with van der Waals surface area (Å²) in [7, 11) is 1.75. The summed E-state index contributed by atoms with van der Waals surface area (Å²) >= 11 is 0. The second kappa shape index (κ2) is 6.14. The topological polar surface area (TPSA) is 49.5 Å². The lowest BCUT2D eigenvalue weighted by Gasteiger charge is -2.19. The molecule has 7 heteroatoms. The van der Waals surface area contributed by atoms with Crippen molar-refractivity contribution in [1.29, 1.82) is 0 Å². The largest absolute Gasteiger partial charge is 0.416 e. The highest BCUT2D eigenvalue weighted by Gasteiger charge is 2.47. The quantitative estimate of drug-likeness (QED) is 0.820. The highest BCUT2D eigenvalue weighted by molar-refractivity contribution is 5.34. The van der Waals surface area contributed by atoms with Gasteiger partial charge in [0.05, 0.1) is 5.56 Å². The summed E-state index contributed by atoms with van der Waals surface area (Å²) in [6, 6.07) is 1.13. The second-order valence-electron chi connectivity index (χ2n) is 6.49. The van der Waals surface area contributed by atoms with Crippen LogP contribution in [0, 0.1) is 0 Å². The smallest absolute Gasteiger partial charge is 0.348 e. The van der Waals surface area contributed by atoms with E-state index in [2.05, 4.69) is 15.6 Å². The van der Waals surface area contributed by atoms with Gasteiger partial charge in [0, 0.05) is 36.0 Å². The SMILES string of the molecule is CNCCc1cc(C(F)(F)F)c(C2OC2NC(C)(C)C)cn1. The minimum atomic E-state index is -4.41. The fraction of sp³-hybridized carbons (Fsp3) is 0.667. The highest BCUT2D eigenvalue weighted by Crippen LogP contribution is 2.44. The third-order valence-corrected chi connectivity index (χ3v) is 3.30. The molecule has 0 aromatic carbocycles. The van der Waals surface area contributed by atoms with Crippen molar-refractivity contribution in [3.8, 4) is 0 Å². The molecule has 1 aromatic rings. The van der Waals surface area contributed by atoms with E-state index >= 15 is 0 Å². The Hall–Kier alpha value is -1.18. The van der Waals surface area contributed by atoms with E-state index in [4.69, 9.17) is 4.74 Å². The lowest BCUT2D eigenvalue weighted by Crippen LogP contribution is -2.38. The predicted octanol–water partition coefficient (Wildman–Crippen LogP) is 2.65. The van der Waals surface area contributed by atoms with Crippen molar-refractivity contribution in [1.82, 2.24) is 15.6 Å². The van der Waals surface area contributed by atoms with Crippen LogP contribution in [0.15, 0.2) is 12.3 Å². The zero-order valence-electron chi connectivity index (χ0n) is 13.2. The number of hydrogen-bond acceptors (Lipinski definition) is 4. The van der Waals surface area contributed by atoms with Gasteiger partial charge in [0.2, 0.25) is 0 Å². The number of alkyl halides is 3. The van der Waals surface area contributed by atoms with E-state index in [9.17, 15) is 13.2 Å². The molecular weight excluding hydrogens is 295 g/mol. The Morgan fingerprint density at radius 1 is 1.27 bits per heavy atom. The van der Waals surface area contributed by atoms with Gasteiger partial charge in [0.25, 0.3) is 0 Å². The Bertz CT molecular complexity index is 526. The van der Waals surface area contributed by atoms with Crippen LogP contribution in [-0.2, 0) is 17.3 Å². The van der Waals surface area contributed by atoms with Crippen LogP contribution in [0.5, 0.6) is 0 Å². The summed E-state index contributed by atoms with van der Waals surface area (Å²) in [4.78, 5) is 4.13. The van der Waals surface area contributed by atoms with Gasteiger partial charge in [-0.25, -0.2) is 0 Å². The van der Waals surface area contributed by atoms with Crippen LogP contribution >= 0.6 is 0 Å². The monoisotopic (exact) mass is 317 g/mol. The molecule has 0 radical (unpaired) electrons. The van der Waals surface area contributed by atoms with Gasteiger partial charge < -0.3 is 10.1 Å². The maximum atomic E-state index is 13.3. The first-order valence-corrected chi connectivity index (χ1v) is 7.25. The van der Waals surface area contributed by atoms with Gasteiger partial charge in [0.1, 0.15) is 12.3 Å². The van der Waals surface area contributed by atoms with Crippen LogP contribution in [0.3, 0.4) is 0 Å². The Morgan fingerprint density at radius 2 is 1.95 bits per heavy atom. The maximum absolute atomic E-state index is 13.3. The first kappa shape index (κ1) is 17.2. The minimum Gasteiger partial charge on any atom is -0.348 e. The van der Waals surface area contributed by atoms with E-state index in [1.165, 1.54) is 6.20 Å². The molecule has 0 aliphatic carbocycles. The molecule has 2 unspecified atom stereocenters. The van der Waals surface area contributed by atoms with Crippen LogP contribution in [-0.4, -0.2) is 30.3 Å². The number of pyridine rings is 1. The van der Waals surface area contributed by atoms with Crippen molar-refractivity contribution in [3.05, 3.63) is 29.1 Å². The van der Waals surface area contributed by atoms with Crippen LogP contribution in [0.25, 0.3) is 0 Å². The second-order valence-corrected chi connectivity index (χ2v) is 6.49. The molecule has 2 N–H and O–H groups in total. The van der Waals surface area contributed by atoms with Gasteiger partial charge in [-0.2, -0.15) is 13.2 Å². The van der Waals surface area contributed by atoms with Crippen LogP contribution in [0.4, 0.5) is 13.2 Å². The van der Waals surface area contributed by atoms with Crippen molar-refractivity contribution in [2.45, 2.75) is 51.2 Å². The van der Waals surface area contributed by atoms with Gasteiger partial charge >= 0.3 is 6.18 Å². The molecule has 0 amide bonds. The average Bonchev–Trinajstić information content (AvgIpc) is 3.11. The van der Waals surface area contributed by atoms with Crippen molar-refractivity contribution in [2.75, 3.05) is 13.6 Å². The maximum Gasteiger partial charge on any atom is 0.416 e. The Morgan fingerprint density at radius 3 is 2.50 bits per heavy atom. The van der Waals surface area contributed by atoms with Gasteiger partial charge in [0.15, 0.2) is 0 Å². The zero-order valence-corrected chi connectivity index (χ0v) is 13.2. The van der Waals surface area contributed by atoms with E-state index in [0.29, 0.717) is 18.7 Å². The Kier molecular flexibility index (Phi) is 4.79. The van der Waals surface area contributed by atoms with Crippen molar-refractivity contribution >= 4 is 0 Å². The number of aromatic nitrogens is 1. The molecule has 2 rings (SSSR count). The molecule has 0 saturated carbocycles. The molecule has 1 fully saturated rings. The van der Waals surface area contributed by atoms with Crippen molar-refractivity contribution in [3.63, 3.8) is 0 Å². The minimum absolute atomic E-state index is 0.0995. The van der Waals surface area contributed by atoms with Crippen LogP contribution in [0.1, 0.15) is 43.7 Å². The van der Waals surface area contributed by atoms with Crippen molar-refractivity contribution < 1.29 is 17.9 Å². The van der Waals surface area contributed by atoms with Gasteiger partial charge in [-0.1, -0.05) is 0 Å². The average molecular weight is 317 g/mol. The summed E-state index contributed by atoms with van der Waals surface area (Å²) in [6.45, 7) is 6.40. The molecule has 1 aliphatic heterocycles. The summed E-state index contributed by atoms with van der Waals surface area (Å²) in [5.74, 6) is 0. The lowest BCUT2D eigenvalue weighted by atomic mass is 10.0. The normalized spacial score (nSPS) is 22.0. The molecule has 1 saturated heterocycles. The fourth-order valence-electron chi connectivity index (χ4n) is 2.26. The summed E-state index contributed by atoms with van der Waals surface area (Å²) in [5.41, 5.74) is -0.358. The summed E-state index contributed by atoms with van der Waals surface area (Å²) < 4.78 is 45.2. The highest BCUT2D eigenvalue weighted by atomic mass is 19.4. The first-order valence-electron chi connectivity index (χ1n) is 7.25. The number of halogens is 3. The number of likely N-dealkylation sites (N-methyl/N-ethyl adjacent to an activating group) is 1. The van der Waals surface area contributed by atoms with E-state index in [0.717, 1.165) is 6.07 Å². The Balaban J connectivity index is 2.21. The first-order chi connectivity index (χ1) is 10.1. The Labute approximate surface area is 128 Å². The van der Waals surface area contributed by atoms with E-state index in [1.807, 2.05) is 20.8 Å². The summed E-state index contributed by atoms with van der Waals surface area (Å²) in [6.07, 6.45) is -3.66. The number of hydrogen-bond donors (Lipinski definition) is 2. The van der Waals surface area contributed by atoms with Gasteiger partial charge in [-0.3, -0.25) is 10.3 Å². The van der Waals surface area contributed by atoms with Gasteiger partial charge in [-0.15, -0.1) is 0 Å². The number of nitrogens with zero attached hydrogens (tertiary/aromatic N) is 1. The third-order valence-electron chi connectivity index (χ3n) is 3.30. The molecule has 2 heterocycles. The standard InChI is InChI=1S/C15H22F3N3O/c1-14(2,3)21-13-12(22-13)10-8-20-9(5-6-19-4)7-11(10)15(16,17)18/h7-8,12-13,19,21H,5-6H2,1-4H3. The predicted molar refractivity (Wildman–Crippen MR) is 77.4 cm³/mol. The zero-order chi connectivity index (χ0) is 16.5. The van der Waals surface area contributed by atoms with E-state index in [1.54, 1.807) is 7.05 Å². The summed E-state index contributed by atoms with van der Waals surface area (Å²) in [5, 5.41) is 6.04. The molecule has 1 aliphatic rings. The molecule has 124 valence electrons. The molecule has 4 nitrogen and oxygen atoms in total. The number of rotatable bonds is 5. The molecule has 1 aromatic heterocycles. The van der Waals surface area contributed by atoms with Crippen molar-refractivity contribution in [2.24, 2.45) is 0 Å². The van der Waals surface area contributed by atoms with Crippen LogP contribution < -0.4 is 10.6 Å². The molecule has 0 spiro atoms. The molecular formula is C15H22F3N3O. The lowest BCUT2D eigenvalue weighted by molar-refractivity contribution is -0.138. The molecule has 2 atom stereocenters. The number of epoxide rings is 1. The van der Waals surface area contributed by atoms with Crippen LogP contribution in [0.2, 0.25) is 0 Å². The third kappa shape index (κ3) is 4.41.